The van der Waals surface area contributed by atoms with Gasteiger partial charge in [-0.05, 0) is 24.6 Å². The first-order chi connectivity index (χ1) is 5.79. The summed E-state index contributed by atoms with van der Waals surface area (Å²) < 4.78 is 0. The van der Waals surface area contributed by atoms with E-state index in [0.29, 0.717) is 5.69 Å². The van der Waals surface area contributed by atoms with Crippen molar-refractivity contribution in [3.8, 4) is 6.07 Å². The number of fused-ring (bicyclic) bond motifs is 1. The SMILES string of the molecule is Cc1cnc2[nH]c(C#N)cc2c1. The average Bonchev–Trinajstić information content (AvgIpc) is 2.46. The number of hydrogen-bond donors (Lipinski definition) is 1. The van der Waals surface area contributed by atoms with Crippen molar-refractivity contribution in [3.63, 3.8) is 0 Å². The van der Waals surface area contributed by atoms with Gasteiger partial charge in [-0.25, -0.2) is 4.98 Å². The number of rotatable bonds is 0. The predicted molar refractivity (Wildman–Crippen MR) is 45.5 cm³/mol. The molecule has 3 heteroatoms. The van der Waals surface area contributed by atoms with Gasteiger partial charge in [-0.1, -0.05) is 0 Å². The van der Waals surface area contributed by atoms with Crippen molar-refractivity contribution in [1.82, 2.24) is 9.97 Å². The number of H-pyrrole nitrogens is 1. The molecule has 2 aromatic heterocycles. The van der Waals surface area contributed by atoms with Crippen LogP contribution in [-0.4, -0.2) is 9.97 Å². The maximum atomic E-state index is 8.60. The van der Waals surface area contributed by atoms with E-state index in [1.165, 1.54) is 0 Å². The predicted octanol–water partition coefficient (Wildman–Crippen LogP) is 1.74. The van der Waals surface area contributed by atoms with Gasteiger partial charge in [0.25, 0.3) is 0 Å². The first-order valence-corrected chi connectivity index (χ1v) is 3.65. The lowest BCUT2D eigenvalue weighted by Gasteiger charge is -1.89. The Morgan fingerprint density at radius 3 is 3.08 bits per heavy atom. The zero-order chi connectivity index (χ0) is 8.55. The second kappa shape index (κ2) is 2.35. The van der Waals surface area contributed by atoms with Crippen LogP contribution in [0, 0.1) is 18.3 Å². The lowest BCUT2D eigenvalue weighted by Crippen LogP contribution is -1.77. The highest BCUT2D eigenvalue weighted by Gasteiger charge is 1.99. The van der Waals surface area contributed by atoms with E-state index in [-0.39, 0.29) is 0 Å². The van der Waals surface area contributed by atoms with Crippen LogP contribution >= 0.6 is 0 Å². The Morgan fingerprint density at radius 2 is 2.33 bits per heavy atom. The van der Waals surface area contributed by atoms with Gasteiger partial charge in [0.15, 0.2) is 0 Å². The van der Waals surface area contributed by atoms with Crippen molar-refractivity contribution in [1.29, 1.82) is 5.26 Å². The Bertz CT molecular complexity index is 462. The molecule has 2 heterocycles. The minimum Gasteiger partial charge on any atom is -0.331 e. The van der Waals surface area contributed by atoms with Crippen molar-refractivity contribution >= 4 is 11.0 Å². The third-order valence-electron chi connectivity index (χ3n) is 1.73. The molecular formula is C9H7N3. The van der Waals surface area contributed by atoms with Crippen LogP contribution < -0.4 is 0 Å². The van der Waals surface area contributed by atoms with Gasteiger partial charge in [0.05, 0.1) is 0 Å². The summed E-state index contributed by atoms with van der Waals surface area (Å²) in [5, 5.41) is 9.59. The Kier molecular flexibility index (Phi) is 1.34. The van der Waals surface area contributed by atoms with E-state index in [0.717, 1.165) is 16.6 Å². The van der Waals surface area contributed by atoms with Crippen molar-refractivity contribution in [2.45, 2.75) is 6.92 Å². The van der Waals surface area contributed by atoms with E-state index < -0.39 is 0 Å². The number of aromatic amines is 1. The van der Waals surface area contributed by atoms with Gasteiger partial charge in [-0.15, -0.1) is 0 Å². The number of hydrogen-bond acceptors (Lipinski definition) is 2. The van der Waals surface area contributed by atoms with Gasteiger partial charge in [-0.2, -0.15) is 5.26 Å². The first-order valence-electron chi connectivity index (χ1n) is 3.65. The molecule has 0 atom stereocenters. The van der Waals surface area contributed by atoms with E-state index in [9.17, 15) is 0 Å². The van der Waals surface area contributed by atoms with Gasteiger partial charge in [0.1, 0.15) is 17.4 Å². The molecule has 0 bridgehead atoms. The number of pyridine rings is 1. The van der Waals surface area contributed by atoms with Crippen molar-refractivity contribution in [2.75, 3.05) is 0 Å². The third-order valence-corrected chi connectivity index (χ3v) is 1.73. The van der Waals surface area contributed by atoms with Crippen LogP contribution in [0.5, 0.6) is 0 Å². The normalized spacial score (nSPS) is 10.0. The van der Waals surface area contributed by atoms with E-state index in [4.69, 9.17) is 5.26 Å². The molecule has 0 saturated heterocycles. The summed E-state index contributed by atoms with van der Waals surface area (Å²) in [4.78, 5) is 7.04. The second-order valence-corrected chi connectivity index (χ2v) is 2.75. The van der Waals surface area contributed by atoms with Gasteiger partial charge in [-0.3, -0.25) is 0 Å². The summed E-state index contributed by atoms with van der Waals surface area (Å²) in [5.74, 6) is 0. The molecule has 0 radical (unpaired) electrons. The topological polar surface area (TPSA) is 52.5 Å². The number of nitriles is 1. The molecule has 0 spiro atoms. The maximum Gasteiger partial charge on any atom is 0.138 e. The lowest BCUT2D eigenvalue weighted by molar-refractivity contribution is 1.27. The Balaban J connectivity index is 2.77. The molecule has 0 aliphatic heterocycles. The summed E-state index contributed by atoms with van der Waals surface area (Å²) >= 11 is 0. The smallest absolute Gasteiger partial charge is 0.138 e. The summed E-state index contributed by atoms with van der Waals surface area (Å²) in [7, 11) is 0. The zero-order valence-corrected chi connectivity index (χ0v) is 6.63. The Labute approximate surface area is 69.7 Å². The molecule has 1 N–H and O–H groups in total. The van der Waals surface area contributed by atoms with Crippen LogP contribution in [-0.2, 0) is 0 Å². The molecule has 0 aliphatic carbocycles. The first kappa shape index (κ1) is 6.86. The molecular weight excluding hydrogens is 150 g/mol. The van der Waals surface area contributed by atoms with Crippen molar-refractivity contribution in [2.24, 2.45) is 0 Å². The number of aryl methyl sites for hydroxylation is 1. The molecule has 0 aromatic carbocycles. The van der Waals surface area contributed by atoms with Crippen LogP contribution in [0.2, 0.25) is 0 Å². The zero-order valence-electron chi connectivity index (χ0n) is 6.63. The van der Waals surface area contributed by atoms with Crippen LogP contribution in [0.25, 0.3) is 11.0 Å². The Morgan fingerprint density at radius 1 is 1.50 bits per heavy atom. The second-order valence-electron chi connectivity index (χ2n) is 2.75. The van der Waals surface area contributed by atoms with Crippen molar-refractivity contribution < 1.29 is 0 Å². The molecule has 0 unspecified atom stereocenters. The fourth-order valence-corrected chi connectivity index (χ4v) is 1.19. The minimum absolute atomic E-state index is 0.558. The highest BCUT2D eigenvalue weighted by atomic mass is 14.8. The average molecular weight is 157 g/mol. The summed E-state index contributed by atoms with van der Waals surface area (Å²) in [6.07, 6.45) is 1.78. The molecule has 0 aliphatic rings. The standard InChI is InChI=1S/C9H7N3/c1-6-2-7-3-8(4-10)12-9(7)11-5-6/h2-3,5H,1H3,(H,11,12). The van der Waals surface area contributed by atoms with Gasteiger partial charge in [0.2, 0.25) is 0 Å². The van der Waals surface area contributed by atoms with E-state index in [1.807, 2.05) is 19.1 Å². The number of nitrogens with zero attached hydrogens (tertiary/aromatic N) is 2. The summed E-state index contributed by atoms with van der Waals surface area (Å²) in [6, 6.07) is 5.84. The lowest BCUT2D eigenvalue weighted by atomic mass is 10.2. The quantitative estimate of drug-likeness (QED) is 0.633. The molecule has 58 valence electrons. The third kappa shape index (κ3) is 0.940. The molecule has 12 heavy (non-hydrogen) atoms. The van der Waals surface area contributed by atoms with Gasteiger partial charge >= 0.3 is 0 Å². The monoisotopic (exact) mass is 157 g/mol. The van der Waals surface area contributed by atoms with Crippen LogP contribution in [0.1, 0.15) is 11.3 Å². The number of aromatic nitrogens is 2. The minimum atomic E-state index is 0.558. The fraction of sp³-hybridized carbons (Fsp3) is 0.111. The number of nitrogens with one attached hydrogen (secondary N) is 1. The van der Waals surface area contributed by atoms with Gasteiger partial charge in [0, 0.05) is 11.6 Å². The van der Waals surface area contributed by atoms with Crippen LogP contribution in [0.3, 0.4) is 0 Å². The van der Waals surface area contributed by atoms with E-state index >= 15 is 0 Å². The Hall–Kier alpha value is -1.82. The van der Waals surface area contributed by atoms with Crippen molar-refractivity contribution in [3.05, 3.63) is 29.6 Å². The largest absolute Gasteiger partial charge is 0.331 e. The maximum absolute atomic E-state index is 8.60. The van der Waals surface area contributed by atoms with Crippen LogP contribution in [0.4, 0.5) is 0 Å². The molecule has 2 rings (SSSR count). The molecule has 0 amide bonds. The fourth-order valence-electron chi connectivity index (χ4n) is 1.19. The molecule has 0 saturated carbocycles. The summed E-state index contributed by atoms with van der Waals surface area (Å²) in [5.41, 5.74) is 2.44. The van der Waals surface area contributed by atoms with Gasteiger partial charge < -0.3 is 4.98 Å². The van der Waals surface area contributed by atoms with E-state index in [1.54, 1.807) is 12.3 Å². The molecule has 2 aromatic rings. The van der Waals surface area contributed by atoms with E-state index in [2.05, 4.69) is 9.97 Å². The highest BCUT2D eigenvalue weighted by Crippen LogP contribution is 2.13. The highest BCUT2D eigenvalue weighted by molar-refractivity contribution is 5.77. The molecule has 0 fully saturated rings. The molecule has 3 nitrogen and oxygen atoms in total. The van der Waals surface area contributed by atoms with Crippen LogP contribution in [0.15, 0.2) is 18.3 Å². The summed E-state index contributed by atoms with van der Waals surface area (Å²) in [6.45, 7) is 1.98.